The van der Waals surface area contributed by atoms with Gasteiger partial charge in [0.1, 0.15) is 23.7 Å². The zero-order chi connectivity index (χ0) is 29.7. The van der Waals surface area contributed by atoms with Crippen molar-refractivity contribution in [1.82, 2.24) is 21.2 Å². The summed E-state index contributed by atoms with van der Waals surface area (Å²) >= 11 is 1.31. The predicted molar refractivity (Wildman–Crippen MR) is 148 cm³/mol. The standard InChI is InChI=1S/C26H35N5O8S/c1-17(14-19(28-24(34)39-26(2,3)4)15-18-7-9-20(32)10-8-18)23(33)29-30-25(35)38-12-13-40-16-21-22(31(36)37)6-5-11-27-21/h5-11,17,19,32H,12-16H2,1-4H3,(H,28,34)(H,29,33)(H,30,35)/t17-,19+/m0/s1. The first kappa shape index (κ1) is 32.1. The first-order valence-corrected chi connectivity index (χ1v) is 13.7. The van der Waals surface area contributed by atoms with Crippen LogP contribution >= 0.6 is 11.8 Å². The zero-order valence-electron chi connectivity index (χ0n) is 22.8. The van der Waals surface area contributed by atoms with Gasteiger partial charge in [0.15, 0.2) is 0 Å². The molecule has 14 heteroatoms. The maximum Gasteiger partial charge on any atom is 0.426 e. The Balaban J connectivity index is 1.79. The average Bonchev–Trinajstić information content (AvgIpc) is 2.87. The van der Waals surface area contributed by atoms with Crippen LogP contribution in [-0.2, 0) is 26.4 Å². The largest absolute Gasteiger partial charge is 0.508 e. The molecule has 2 aromatic rings. The van der Waals surface area contributed by atoms with Crippen LogP contribution in [0.5, 0.6) is 5.75 Å². The molecule has 0 bridgehead atoms. The van der Waals surface area contributed by atoms with Gasteiger partial charge < -0.3 is 19.9 Å². The Labute approximate surface area is 236 Å². The fourth-order valence-electron chi connectivity index (χ4n) is 3.46. The van der Waals surface area contributed by atoms with Crippen LogP contribution in [-0.4, -0.2) is 57.1 Å². The van der Waals surface area contributed by atoms with E-state index in [0.29, 0.717) is 17.9 Å². The van der Waals surface area contributed by atoms with Crippen LogP contribution in [0.1, 0.15) is 45.4 Å². The monoisotopic (exact) mass is 577 g/mol. The number of benzene rings is 1. The number of ether oxygens (including phenoxy) is 2. The number of nitrogens with one attached hydrogen (secondary N) is 3. The number of pyridine rings is 1. The molecule has 0 spiro atoms. The van der Waals surface area contributed by atoms with E-state index in [1.165, 1.54) is 42.2 Å². The maximum atomic E-state index is 12.6. The van der Waals surface area contributed by atoms with Crippen molar-refractivity contribution in [3.05, 3.63) is 64.0 Å². The summed E-state index contributed by atoms with van der Waals surface area (Å²) in [6.45, 7) is 6.89. The number of nitro groups is 1. The van der Waals surface area contributed by atoms with Gasteiger partial charge in [0.05, 0.1) is 4.92 Å². The van der Waals surface area contributed by atoms with Crippen LogP contribution < -0.4 is 16.2 Å². The van der Waals surface area contributed by atoms with Crippen LogP contribution in [0.2, 0.25) is 0 Å². The molecule has 1 aromatic heterocycles. The second-order valence-electron chi connectivity index (χ2n) is 9.88. The number of hydrogen-bond acceptors (Lipinski definition) is 10. The number of rotatable bonds is 12. The van der Waals surface area contributed by atoms with Crippen LogP contribution in [0.15, 0.2) is 42.6 Å². The minimum absolute atomic E-state index is 0.0110. The molecule has 40 heavy (non-hydrogen) atoms. The van der Waals surface area contributed by atoms with Gasteiger partial charge >= 0.3 is 12.2 Å². The normalized spacial score (nSPS) is 12.5. The number of alkyl carbamates (subject to hydrolysis) is 1. The minimum atomic E-state index is -0.863. The van der Waals surface area contributed by atoms with Gasteiger partial charge in [-0.25, -0.2) is 15.0 Å². The Hall–Kier alpha value is -4.07. The first-order valence-electron chi connectivity index (χ1n) is 12.5. The van der Waals surface area contributed by atoms with Gasteiger partial charge in [0.2, 0.25) is 5.91 Å². The van der Waals surface area contributed by atoms with Crippen molar-refractivity contribution < 1.29 is 33.9 Å². The van der Waals surface area contributed by atoms with Gasteiger partial charge in [0, 0.05) is 35.7 Å². The fourth-order valence-corrected chi connectivity index (χ4v) is 4.22. The molecular weight excluding hydrogens is 542 g/mol. The second-order valence-corrected chi connectivity index (χ2v) is 11.0. The third-order valence-corrected chi connectivity index (χ3v) is 6.21. The number of carbonyl (C=O) groups is 3. The summed E-state index contributed by atoms with van der Waals surface area (Å²) in [5.41, 5.74) is 4.88. The Kier molecular flexibility index (Phi) is 12.5. The highest BCUT2D eigenvalue weighted by atomic mass is 32.2. The van der Waals surface area contributed by atoms with Crippen molar-refractivity contribution in [3.63, 3.8) is 0 Å². The molecule has 0 aliphatic rings. The number of nitrogens with zero attached hydrogens (tertiary/aromatic N) is 2. The lowest BCUT2D eigenvalue weighted by Crippen LogP contribution is -2.47. The van der Waals surface area contributed by atoms with Crippen molar-refractivity contribution in [2.75, 3.05) is 12.4 Å². The molecule has 1 aromatic carbocycles. The molecule has 13 nitrogen and oxygen atoms in total. The van der Waals surface area contributed by atoms with Crippen molar-refractivity contribution in [2.45, 2.75) is 57.9 Å². The quantitative estimate of drug-likeness (QED) is 0.164. The smallest absolute Gasteiger partial charge is 0.426 e. The van der Waals surface area contributed by atoms with Gasteiger partial charge in [-0.2, -0.15) is 11.8 Å². The fraction of sp³-hybridized carbons (Fsp3) is 0.462. The Morgan fingerprint density at radius 3 is 2.48 bits per heavy atom. The molecule has 1 heterocycles. The lowest BCUT2D eigenvalue weighted by Gasteiger charge is -2.25. The lowest BCUT2D eigenvalue weighted by molar-refractivity contribution is -0.385. The van der Waals surface area contributed by atoms with E-state index in [-0.39, 0.29) is 30.2 Å². The van der Waals surface area contributed by atoms with Crippen molar-refractivity contribution in [1.29, 1.82) is 0 Å². The van der Waals surface area contributed by atoms with E-state index in [1.807, 2.05) is 0 Å². The molecule has 3 amide bonds. The van der Waals surface area contributed by atoms with Crippen LogP contribution in [0, 0.1) is 16.0 Å². The number of hydrogen-bond donors (Lipinski definition) is 4. The van der Waals surface area contributed by atoms with Crippen LogP contribution in [0.4, 0.5) is 15.3 Å². The molecule has 0 fully saturated rings. The maximum absolute atomic E-state index is 12.6. The third kappa shape index (κ3) is 12.2. The summed E-state index contributed by atoms with van der Waals surface area (Å²) in [4.78, 5) is 51.5. The highest BCUT2D eigenvalue weighted by Crippen LogP contribution is 2.20. The van der Waals surface area contributed by atoms with Gasteiger partial charge in [-0.1, -0.05) is 19.1 Å². The summed E-state index contributed by atoms with van der Waals surface area (Å²) in [5.74, 6) is -0.348. The summed E-state index contributed by atoms with van der Waals surface area (Å²) < 4.78 is 10.4. The SMILES string of the molecule is C[C@@H](C[C@H](Cc1ccc(O)cc1)NC(=O)OC(C)(C)C)C(=O)NNC(=O)OCCSCc1ncccc1[N+](=O)[O-]. The summed E-state index contributed by atoms with van der Waals surface area (Å²) in [6, 6.07) is 8.90. The van der Waals surface area contributed by atoms with Crippen LogP contribution in [0.25, 0.3) is 0 Å². The van der Waals surface area contributed by atoms with Gasteiger partial charge in [-0.05, 0) is 57.4 Å². The van der Waals surface area contributed by atoms with Gasteiger partial charge in [0.25, 0.3) is 5.69 Å². The van der Waals surface area contributed by atoms with E-state index >= 15 is 0 Å². The van der Waals surface area contributed by atoms with E-state index in [2.05, 4.69) is 21.2 Å². The summed E-state index contributed by atoms with van der Waals surface area (Å²) in [7, 11) is 0. The molecule has 0 aliphatic heterocycles. The van der Waals surface area contributed by atoms with E-state index < -0.39 is 40.6 Å². The van der Waals surface area contributed by atoms with E-state index in [9.17, 15) is 29.6 Å². The van der Waals surface area contributed by atoms with E-state index in [1.54, 1.807) is 39.8 Å². The van der Waals surface area contributed by atoms with Gasteiger partial charge in [-0.3, -0.25) is 25.3 Å². The highest BCUT2D eigenvalue weighted by molar-refractivity contribution is 7.98. The molecule has 0 aliphatic carbocycles. The molecule has 4 N–H and O–H groups in total. The topological polar surface area (TPSA) is 182 Å². The Morgan fingerprint density at radius 1 is 1.12 bits per heavy atom. The zero-order valence-corrected chi connectivity index (χ0v) is 23.7. The second kappa shape index (κ2) is 15.5. The molecular formula is C26H35N5O8S. The third-order valence-electron chi connectivity index (χ3n) is 5.28. The Morgan fingerprint density at radius 2 is 1.82 bits per heavy atom. The number of carbonyl (C=O) groups excluding carboxylic acids is 3. The van der Waals surface area contributed by atoms with E-state index in [4.69, 9.17) is 9.47 Å². The highest BCUT2D eigenvalue weighted by Gasteiger charge is 2.24. The van der Waals surface area contributed by atoms with Crippen molar-refractivity contribution >= 4 is 35.5 Å². The number of amides is 3. The average molecular weight is 578 g/mol. The molecule has 2 rings (SSSR count). The Bertz CT molecular complexity index is 1160. The predicted octanol–water partition coefficient (Wildman–Crippen LogP) is 3.85. The number of phenols is 1. The number of aromatic hydroxyl groups is 1. The lowest BCUT2D eigenvalue weighted by atomic mass is 9.95. The molecule has 218 valence electrons. The summed E-state index contributed by atoms with van der Waals surface area (Å²) in [5, 5.41) is 23.4. The van der Waals surface area contributed by atoms with Crippen molar-refractivity contribution in [3.8, 4) is 5.75 Å². The molecule has 2 atom stereocenters. The molecule has 0 saturated heterocycles. The molecule has 0 unspecified atom stereocenters. The molecule has 0 radical (unpaired) electrons. The van der Waals surface area contributed by atoms with Gasteiger partial charge in [-0.15, -0.1) is 0 Å². The number of phenolic OH excluding ortho intramolecular Hbond substituents is 1. The molecule has 0 saturated carbocycles. The summed E-state index contributed by atoms with van der Waals surface area (Å²) in [6.07, 6.45) is 0.601. The van der Waals surface area contributed by atoms with Crippen molar-refractivity contribution in [2.24, 2.45) is 5.92 Å². The van der Waals surface area contributed by atoms with Crippen LogP contribution in [0.3, 0.4) is 0 Å². The number of hydrazine groups is 1. The minimum Gasteiger partial charge on any atom is -0.508 e. The first-order chi connectivity index (χ1) is 18.8. The van der Waals surface area contributed by atoms with E-state index in [0.717, 1.165) is 5.56 Å². The number of aromatic nitrogens is 1. The number of thioether (sulfide) groups is 1.